The lowest BCUT2D eigenvalue weighted by Crippen LogP contribution is -2.15. The van der Waals surface area contributed by atoms with Crippen LogP contribution >= 0.6 is 0 Å². The Balaban J connectivity index is 1.70. The molecular formula is C22H21N3O. The molecule has 4 rings (SSSR count). The SMILES string of the molecule is Cc1cc2cc(NC(=O)c3ccccc3-n3c(C)ccc3C)ccc2[nH]1. The van der Waals surface area contributed by atoms with E-state index in [4.69, 9.17) is 0 Å². The zero-order chi connectivity index (χ0) is 18.3. The van der Waals surface area contributed by atoms with Crippen LogP contribution in [0.4, 0.5) is 5.69 Å². The number of hydrogen-bond donors (Lipinski definition) is 2. The molecule has 4 aromatic rings. The number of anilines is 1. The van der Waals surface area contributed by atoms with E-state index in [0.29, 0.717) is 5.56 Å². The number of para-hydroxylation sites is 1. The Hall–Kier alpha value is -3.27. The largest absolute Gasteiger partial charge is 0.359 e. The van der Waals surface area contributed by atoms with Crippen molar-refractivity contribution in [1.82, 2.24) is 9.55 Å². The Bertz CT molecular complexity index is 1100. The van der Waals surface area contributed by atoms with Gasteiger partial charge in [-0.1, -0.05) is 12.1 Å². The summed E-state index contributed by atoms with van der Waals surface area (Å²) in [6.07, 6.45) is 0. The molecule has 130 valence electrons. The van der Waals surface area contributed by atoms with E-state index in [-0.39, 0.29) is 5.91 Å². The number of carbonyl (C=O) groups is 1. The number of H-pyrrole nitrogens is 1. The first kappa shape index (κ1) is 16.2. The highest BCUT2D eigenvalue weighted by Crippen LogP contribution is 2.23. The normalized spacial score (nSPS) is 11.0. The molecule has 4 heteroatoms. The first-order valence-electron chi connectivity index (χ1n) is 8.68. The Morgan fingerprint density at radius 3 is 2.42 bits per heavy atom. The zero-order valence-electron chi connectivity index (χ0n) is 15.1. The molecule has 0 spiro atoms. The van der Waals surface area contributed by atoms with Gasteiger partial charge in [-0.15, -0.1) is 0 Å². The Kier molecular flexibility index (Phi) is 3.88. The van der Waals surface area contributed by atoms with E-state index in [1.54, 1.807) is 0 Å². The van der Waals surface area contributed by atoms with Crippen molar-refractivity contribution < 1.29 is 4.79 Å². The molecule has 2 N–H and O–H groups in total. The molecule has 26 heavy (non-hydrogen) atoms. The second kappa shape index (κ2) is 6.23. The number of rotatable bonds is 3. The van der Waals surface area contributed by atoms with Gasteiger partial charge in [0.2, 0.25) is 0 Å². The Morgan fingerprint density at radius 2 is 1.65 bits per heavy atom. The van der Waals surface area contributed by atoms with E-state index < -0.39 is 0 Å². The number of aromatic amines is 1. The number of nitrogens with zero attached hydrogens (tertiary/aromatic N) is 1. The van der Waals surface area contributed by atoms with Crippen molar-refractivity contribution in [2.24, 2.45) is 0 Å². The molecule has 0 unspecified atom stereocenters. The maximum atomic E-state index is 13.0. The van der Waals surface area contributed by atoms with Gasteiger partial charge in [-0.05, 0) is 69.3 Å². The molecule has 0 aliphatic heterocycles. The summed E-state index contributed by atoms with van der Waals surface area (Å²) in [7, 11) is 0. The fraction of sp³-hybridized carbons (Fsp3) is 0.136. The van der Waals surface area contributed by atoms with Gasteiger partial charge >= 0.3 is 0 Å². The van der Waals surface area contributed by atoms with Gasteiger partial charge in [0, 0.05) is 33.7 Å². The van der Waals surface area contributed by atoms with Gasteiger partial charge in [0.1, 0.15) is 0 Å². The fourth-order valence-corrected chi connectivity index (χ4v) is 3.46. The smallest absolute Gasteiger partial charge is 0.257 e. The van der Waals surface area contributed by atoms with Gasteiger partial charge in [0.15, 0.2) is 0 Å². The number of hydrogen-bond acceptors (Lipinski definition) is 1. The fourth-order valence-electron chi connectivity index (χ4n) is 3.46. The van der Waals surface area contributed by atoms with Crippen molar-refractivity contribution in [3.05, 3.63) is 83.3 Å². The minimum atomic E-state index is -0.111. The van der Waals surface area contributed by atoms with Crippen LogP contribution in [0, 0.1) is 20.8 Å². The van der Waals surface area contributed by atoms with Gasteiger partial charge in [-0.3, -0.25) is 4.79 Å². The second-order valence-corrected chi connectivity index (χ2v) is 6.68. The Morgan fingerprint density at radius 1 is 0.923 bits per heavy atom. The molecule has 4 nitrogen and oxygen atoms in total. The van der Waals surface area contributed by atoms with Crippen molar-refractivity contribution >= 4 is 22.5 Å². The van der Waals surface area contributed by atoms with Crippen LogP contribution < -0.4 is 5.32 Å². The van der Waals surface area contributed by atoms with Crippen LogP contribution in [0.25, 0.3) is 16.6 Å². The molecule has 1 amide bonds. The van der Waals surface area contributed by atoms with Crippen molar-refractivity contribution in [3.8, 4) is 5.69 Å². The zero-order valence-corrected chi connectivity index (χ0v) is 15.1. The van der Waals surface area contributed by atoms with Crippen molar-refractivity contribution in [2.75, 3.05) is 5.32 Å². The lowest BCUT2D eigenvalue weighted by Gasteiger charge is -2.14. The summed E-state index contributed by atoms with van der Waals surface area (Å²) < 4.78 is 2.10. The number of aromatic nitrogens is 2. The Labute approximate surface area is 152 Å². The van der Waals surface area contributed by atoms with Gasteiger partial charge in [-0.25, -0.2) is 0 Å². The third-order valence-corrected chi connectivity index (χ3v) is 4.67. The van der Waals surface area contributed by atoms with E-state index in [2.05, 4.69) is 33.1 Å². The van der Waals surface area contributed by atoms with Crippen LogP contribution in [-0.4, -0.2) is 15.5 Å². The summed E-state index contributed by atoms with van der Waals surface area (Å²) in [5, 5.41) is 4.12. The van der Waals surface area contributed by atoms with Crippen molar-refractivity contribution in [3.63, 3.8) is 0 Å². The quantitative estimate of drug-likeness (QED) is 0.532. The number of fused-ring (bicyclic) bond motifs is 1. The summed E-state index contributed by atoms with van der Waals surface area (Å²) in [5.74, 6) is -0.111. The predicted octanol–water partition coefficient (Wildman–Crippen LogP) is 5.14. The summed E-state index contributed by atoms with van der Waals surface area (Å²) in [6.45, 7) is 6.12. The van der Waals surface area contributed by atoms with Crippen molar-refractivity contribution in [2.45, 2.75) is 20.8 Å². The lowest BCUT2D eigenvalue weighted by molar-refractivity contribution is 0.102. The minimum Gasteiger partial charge on any atom is -0.359 e. The molecule has 0 radical (unpaired) electrons. The number of benzene rings is 2. The number of nitrogens with one attached hydrogen (secondary N) is 2. The summed E-state index contributed by atoms with van der Waals surface area (Å²) in [4.78, 5) is 16.3. The van der Waals surface area contributed by atoms with E-state index in [0.717, 1.165) is 39.4 Å². The maximum Gasteiger partial charge on any atom is 0.257 e. The molecule has 0 aliphatic rings. The number of amides is 1. The van der Waals surface area contributed by atoms with Crippen LogP contribution in [0.5, 0.6) is 0 Å². The topological polar surface area (TPSA) is 49.8 Å². The molecule has 2 aromatic heterocycles. The van der Waals surface area contributed by atoms with Crippen molar-refractivity contribution in [1.29, 1.82) is 0 Å². The molecule has 0 bridgehead atoms. The standard InChI is InChI=1S/C22H21N3O/c1-14-12-17-13-18(10-11-20(17)23-14)24-22(26)19-6-4-5-7-21(19)25-15(2)8-9-16(25)3/h4-13,23H,1-3H3,(H,24,26). The third-order valence-electron chi connectivity index (χ3n) is 4.67. The van der Waals surface area contributed by atoms with Crippen LogP contribution in [0.3, 0.4) is 0 Å². The first-order valence-corrected chi connectivity index (χ1v) is 8.68. The monoisotopic (exact) mass is 343 g/mol. The average Bonchev–Trinajstić information content (AvgIpc) is 3.15. The summed E-state index contributed by atoms with van der Waals surface area (Å²) >= 11 is 0. The molecule has 0 atom stereocenters. The van der Waals surface area contributed by atoms with Crippen LogP contribution in [0.15, 0.2) is 60.7 Å². The highest BCUT2D eigenvalue weighted by molar-refractivity contribution is 6.07. The number of aryl methyl sites for hydroxylation is 3. The molecule has 2 heterocycles. The van der Waals surface area contributed by atoms with E-state index in [1.165, 1.54) is 0 Å². The van der Waals surface area contributed by atoms with E-state index in [9.17, 15) is 4.79 Å². The highest BCUT2D eigenvalue weighted by Gasteiger charge is 2.15. The van der Waals surface area contributed by atoms with Gasteiger partial charge in [0.25, 0.3) is 5.91 Å². The molecule has 2 aromatic carbocycles. The van der Waals surface area contributed by atoms with Gasteiger partial charge < -0.3 is 14.9 Å². The molecule has 0 saturated heterocycles. The minimum absolute atomic E-state index is 0.111. The number of carbonyl (C=O) groups excluding carboxylic acids is 1. The molecular weight excluding hydrogens is 322 g/mol. The van der Waals surface area contributed by atoms with E-state index >= 15 is 0 Å². The molecule has 0 saturated carbocycles. The van der Waals surface area contributed by atoms with Crippen LogP contribution in [0.1, 0.15) is 27.4 Å². The third kappa shape index (κ3) is 2.80. The maximum absolute atomic E-state index is 13.0. The molecule has 0 fully saturated rings. The summed E-state index contributed by atoms with van der Waals surface area (Å²) in [6, 6.07) is 19.8. The van der Waals surface area contributed by atoms with Crippen LogP contribution in [0.2, 0.25) is 0 Å². The van der Waals surface area contributed by atoms with Gasteiger partial charge in [-0.2, -0.15) is 0 Å². The average molecular weight is 343 g/mol. The second-order valence-electron chi connectivity index (χ2n) is 6.68. The first-order chi connectivity index (χ1) is 12.5. The van der Waals surface area contributed by atoms with Gasteiger partial charge in [0.05, 0.1) is 11.3 Å². The lowest BCUT2D eigenvalue weighted by atomic mass is 10.1. The van der Waals surface area contributed by atoms with Crippen LogP contribution in [-0.2, 0) is 0 Å². The van der Waals surface area contributed by atoms with E-state index in [1.807, 2.05) is 63.2 Å². The molecule has 0 aliphatic carbocycles. The predicted molar refractivity (Wildman–Crippen MR) is 106 cm³/mol. The highest BCUT2D eigenvalue weighted by atomic mass is 16.1. The summed E-state index contributed by atoms with van der Waals surface area (Å²) in [5.41, 5.74) is 6.71.